The van der Waals surface area contributed by atoms with Gasteiger partial charge in [-0.05, 0) is 31.5 Å². The van der Waals surface area contributed by atoms with Gasteiger partial charge < -0.3 is 14.6 Å². The van der Waals surface area contributed by atoms with Crippen molar-refractivity contribution in [2.45, 2.75) is 26.1 Å². The maximum absolute atomic E-state index is 8.98. The molecule has 0 aliphatic rings. The summed E-state index contributed by atoms with van der Waals surface area (Å²) in [5.41, 5.74) is 0.735. The lowest BCUT2D eigenvalue weighted by Gasteiger charge is -2.13. The van der Waals surface area contributed by atoms with Gasteiger partial charge in [0.15, 0.2) is 6.10 Å². The molecule has 4 heteroatoms. The fraction of sp³-hybridized carbons (Fsp3) is 0.462. The van der Waals surface area contributed by atoms with Gasteiger partial charge in [0.2, 0.25) is 0 Å². The zero-order valence-corrected chi connectivity index (χ0v) is 10.1. The number of aliphatic hydroxyl groups is 1. The van der Waals surface area contributed by atoms with Gasteiger partial charge in [0, 0.05) is 0 Å². The standard InChI is InChI=1S/C13H17NO3/c1-10(2)17-12-5-3-4-11(8-12)13(9-14)16-7-6-15/h3-5,8,10,13,15H,6-7H2,1-2H3. The lowest BCUT2D eigenvalue weighted by molar-refractivity contribution is 0.0579. The Morgan fingerprint density at radius 3 is 2.76 bits per heavy atom. The van der Waals surface area contributed by atoms with Crippen molar-refractivity contribution >= 4 is 0 Å². The third kappa shape index (κ3) is 4.43. The molecule has 92 valence electrons. The minimum atomic E-state index is -0.669. The first-order valence-corrected chi connectivity index (χ1v) is 5.56. The average molecular weight is 235 g/mol. The second-order valence-corrected chi connectivity index (χ2v) is 3.84. The van der Waals surface area contributed by atoms with Crippen LogP contribution in [0, 0.1) is 11.3 Å². The summed E-state index contributed by atoms with van der Waals surface area (Å²) in [6.45, 7) is 3.93. The molecule has 4 nitrogen and oxygen atoms in total. The smallest absolute Gasteiger partial charge is 0.169 e. The van der Waals surface area contributed by atoms with Gasteiger partial charge in [0.05, 0.1) is 25.4 Å². The van der Waals surface area contributed by atoms with Gasteiger partial charge in [-0.15, -0.1) is 0 Å². The quantitative estimate of drug-likeness (QED) is 0.819. The van der Waals surface area contributed by atoms with E-state index in [2.05, 4.69) is 0 Å². The molecule has 0 fully saturated rings. The molecule has 0 aliphatic heterocycles. The zero-order chi connectivity index (χ0) is 12.7. The van der Waals surface area contributed by atoms with Gasteiger partial charge in [-0.3, -0.25) is 0 Å². The largest absolute Gasteiger partial charge is 0.491 e. The van der Waals surface area contributed by atoms with Crippen LogP contribution in [-0.4, -0.2) is 24.4 Å². The molecular formula is C13H17NO3. The summed E-state index contributed by atoms with van der Waals surface area (Å²) in [5, 5.41) is 17.7. The Morgan fingerprint density at radius 2 is 2.18 bits per heavy atom. The van der Waals surface area contributed by atoms with Crippen molar-refractivity contribution in [1.29, 1.82) is 5.26 Å². The molecule has 1 aromatic rings. The number of rotatable bonds is 6. The van der Waals surface area contributed by atoms with Gasteiger partial charge >= 0.3 is 0 Å². The molecule has 0 aliphatic carbocycles. The van der Waals surface area contributed by atoms with E-state index in [0.29, 0.717) is 5.75 Å². The fourth-order valence-electron chi connectivity index (χ4n) is 1.40. The predicted octanol–water partition coefficient (Wildman–Crippen LogP) is 2.05. The summed E-state index contributed by atoms with van der Waals surface area (Å²) >= 11 is 0. The molecule has 17 heavy (non-hydrogen) atoms. The second kappa shape index (κ2) is 6.89. The highest BCUT2D eigenvalue weighted by atomic mass is 16.5. The van der Waals surface area contributed by atoms with E-state index in [1.165, 1.54) is 0 Å². The van der Waals surface area contributed by atoms with Crippen molar-refractivity contribution in [1.82, 2.24) is 0 Å². The van der Waals surface area contributed by atoms with E-state index in [9.17, 15) is 0 Å². The first-order chi connectivity index (χ1) is 8.17. The molecule has 0 saturated carbocycles. The molecule has 0 bridgehead atoms. The van der Waals surface area contributed by atoms with E-state index in [0.717, 1.165) is 5.56 Å². The first-order valence-electron chi connectivity index (χ1n) is 5.56. The van der Waals surface area contributed by atoms with Crippen LogP contribution in [0.15, 0.2) is 24.3 Å². The van der Waals surface area contributed by atoms with E-state index in [1.807, 2.05) is 32.0 Å². The number of aliphatic hydroxyl groups excluding tert-OH is 1. The summed E-state index contributed by atoms with van der Waals surface area (Å²) in [6.07, 6.45) is -0.581. The lowest BCUT2D eigenvalue weighted by Crippen LogP contribution is -2.08. The highest BCUT2D eigenvalue weighted by Gasteiger charge is 2.11. The molecular weight excluding hydrogens is 218 g/mol. The molecule has 0 saturated heterocycles. The van der Waals surface area contributed by atoms with Crippen molar-refractivity contribution in [3.05, 3.63) is 29.8 Å². The van der Waals surface area contributed by atoms with Crippen molar-refractivity contribution in [2.24, 2.45) is 0 Å². The summed E-state index contributed by atoms with van der Waals surface area (Å²) in [6, 6.07) is 9.29. The molecule has 0 amide bonds. The van der Waals surface area contributed by atoms with Crippen LogP contribution in [0.25, 0.3) is 0 Å². The summed E-state index contributed by atoms with van der Waals surface area (Å²) in [7, 11) is 0. The topological polar surface area (TPSA) is 62.5 Å². The number of hydrogen-bond acceptors (Lipinski definition) is 4. The zero-order valence-electron chi connectivity index (χ0n) is 10.1. The number of benzene rings is 1. The molecule has 1 rings (SSSR count). The Balaban J connectivity index is 2.78. The van der Waals surface area contributed by atoms with Crippen molar-refractivity contribution in [3.63, 3.8) is 0 Å². The summed E-state index contributed by atoms with van der Waals surface area (Å²) in [4.78, 5) is 0. The molecule has 0 aromatic heterocycles. The van der Waals surface area contributed by atoms with Crippen LogP contribution in [0.3, 0.4) is 0 Å². The first kappa shape index (κ1) is 13.5. The van der Waals surface area contributed by atoms with Crippen LogP contribution in [0.5, 0.6) is 5.75 Å². The third-order valence-corrected chi connectivity index (χ3v) is 2.03. The fourth-order valence-corrected chi connectivity index (χ4v) is 1.40. The Labute approximate surface area is 101 Å². The summed E-state index contributed by atoms with van der Waals surface area (Å²) < 4.78 is 10.8. The number of nitriles is 1. The molecule has 0 spiro atoms. The van der Waals surface area contributed by atoms with Gasteiger partial charge in [0.25, 0.3) is 0 Å². The Kier molecular flexibility index (Phi) is 5.47. The Morgan fingerprint density at radius 1 is 1.41 bits per heavy atom. The summed E-state index contributed by atoms with van der Waals surface area (Å²) in [5.74, 6) is 0.713. The highest BCUT2D eigenvalue weighted by molar-refractivity contribution is 5.32. The minimum absolute atomic E-state index is 0.0872. The molecule has 1 N–H and O–H groups in total. The average Bonchev–Trinajstić information content (AvgIpc) is 2.30. The Hall–Kier alpha value is -1.57. The number of nitrogens with zero attached hydrogens (tertiary/aromatic N) is 1. The van der Waals surface area contributed by atoms with Crippen LogP contribution >= 0.6 is 0 Å². The van der Waals surface area contributed by atoms with Gasteiger partial charge in [0.1, 0.15) is 5.75 Å². The van der Waals surface area contributed by atoms with E-state index in [4.69, 9.17) is 19.8 Å². The van der Waals surface area contributed by atoms with Crippen LogP contribution in [-0.2, 0) is 4.74 Å². The molecule has 0 radical (unpaired) electrons. The maximum atomic E-state index is 8.98. The van der Waals surface area contributed by atoms with Crippen molar-refractivity contribution < 1.29 is 14.6 Å². The molecule has 0 heterocycles. The molecule has 1 unspecified atom stereocenters. The second-order valence-electron chi connectivity index (χ2n) is 3.84. The number of hydrogen-bond donors (Lipinski definition) is 1. The van der Waals surface area contributed by atoms with Crippen molar-refractivity contribution in [2.75, 3.05) is 13.2 Å². The van der Waals surface area contributed by atoms with Crippen LogP contribution < -0.4 is 4.74 Å². The molecule has 1 aromatic carbocycles. The third-order valence-electron chi connectivity index (χ3n) is 2.03. The minimum Gasteiger partial charge on any atom is -0.491 e. The maximum Gasteiger partial charge on any atom is 0.169 e. The van der Waals surface area contributed by atoms with Gasteiger partial charge in [-0.1, -0.05) is 12.1 Å². The lowest BCUT2D eigenvalue weighted by atomic mass is 10.1. The predicted molar refractivity (Wildman–Crippen MR) is 63.6 cm³/mol. The van der Waals surface area contributed by atoms with Crippen LogP contribution in [0.4, 0.5) is 0 Å². The van der Waals surface area contributed by atoms with E-state index < -0.39 is 6.10 Å². The van der Waals surface area contributed by atoms with Crippen molar-refractivity contribution in [3.8, 4) is 11.8 Å². The normalized spacial score (nSPS) is 12.2. The van der Waals surface area contributed by atoms with E-state index in [-0.39, 0.29) is 19.3 Å². The SMILES string of the molecule is CC(C)Oc1cccc(C(C#N)OCCO)c1. The van der Waals surface area contributed by atoms with Crippen LogP contribution in [0.2, 0.25) is 0 Å². The van der Waals surface area contributed by atoms with Crippen LogP contribution in [0.1, 0.15) is 25.5 Å². The van der Waals surface area contributed by atoms with Gasteiger partial charge in [-0.2, -0.15) is 5.26 Å². The monoisotopic (exact) mass is 235 g/mol. The Bertz CT molecular complexity index is 384. The van der Waals surface area contributed by atoms with E-state index >= 15 is 0 Å². The number of ether oxygens (including phenoxy) is 2. The molecule has 1 atom stereocenters. The highest BCUT2D eigenvalue weighted by Crippen LogP contribution is 2.22. The van der Waals surface area contributed by atoms with Gasteiger partial charge in [-0.25, -0.2) is 0 Å². The van der Waals surface area contributed by atoms with E-state index in [1.54, 1.807) is 12.1 Å².